The third-order valence-corrected chi connectivity index (χ3v) is 6.08. The Kier molecular flexibility index (Phi) is 6.72. The molecule has 6 nitrogen and oxygen atoms in total. The number of carbonyl (C=O) groups excluding carboxylic acids is 1. The third kappa shape index (κ3) is 4.75. The molecule has 10 heteroatoms. The van der Waals surface area contributed by atoms with Gasteiger partial charge in [0.1, 0.15) is 0 Å². The summed E-state index contributed by atoms with van der Waals surface area (Å²) in [5.41, 5.74) is 0.370. The van der Waals surface area contributed by atoms with Crippen molar-refractivity contribution in [3.63, 3.8) is 0 Å². The molecule has 0 aliphatic heterocycles. The molecule has 33 heavy (non-hydrogen) atoms. The molecular weight excluding hydrogens is 508 g/mol. The van der Waals surface area contributed by atoms with Crippen molar-refractivity contribution in [2.24, 2.45) is 0 Å². The highest BCUT2D eigenvalue weighted by atomic mass is 35.5. The largest absolute Gasteiger partial charge is 0.493 e. The molecule has 0 saturated carbocycles. The van der Waals surface area contributed by atoms with Crippen molar-refractivity contribution in [3.05, 3.63) is 108 Å². The lowest BCUT2D eigenvalue weighted by Gasteiger charge is -2.12. The number of amides is 1. The predicted molar refractivity (Wildman–Crippen MR) is 131 cm³/mol. The molecule has 168 valence electrons. The van der Waals surface area contributed by atoms with Gasteiger partial charge in [-0.2, -0.15) is 0 Å². The molecule has 0 aliphatic carbocycles. The van der Waals surface area contributed by atoms with Crippen LogP contribution in [0.2, 0.25) is 20.1 Å². The van der Waals surface area contributed by atoms with Crippen molar-refractivity contribution in [2.75, 3.05) is 0 Å². The fourth-order valence-electron chi connectivity index (χ4n) is 3.25. The molecule has 0 aliphatic rings. The lowest BCUT2D eigenvalue weighted by Crippen LogP contribution is -2.29. The van der Waals surface area contributed by atoms with Crippen molar-refractivity contribution in [3.8, 4) is 17.3 Å². The van der Waals surface area contributed by atoms with E-state index in [2.05, 4.69) is 5.32 Å². The van der Waals surface area contributed by atoms with Crippen LogP contribution in [0.25, 0.3) is 11.4 Å². The molecule has 4 rings (SSSR count). The molecule has 1 heterocycles. The van der Waals surface area contributed by atoms with Gasteiger partial charge < -0.3 is 10.4 Å². The first-order valence-corrected chi connectivity index (χ1v) is 11.1. The molecule has 1 aromatic heterocycles. The van der Waals surface area contributed by atoms with E-state index in [0.717, 1.165) is 0 Å². The minimum Gasteiger partial charge on any atom is -0.493 e. The van der Waals surface area contributed by atoms with Gasteiger partial charge in [0.15, 0.2) is 5.56 Å². The van der Waals surface area contributed by atoms with Crippen LogP contribution in [0.3, 0.4) is 0 Å². The maximum absolute atomic E-state index is 13.3. The number of hydrogen-bond acceptors (Lipinski definition) is 3. The van der Waals surface area contributed by atoms with Crippen LogP contribution in [0.4, 0.5) is 0 Å². The first-order valence-electron chi connectivity index (χ1n) is 9.57. The van der Waals surface area contributed by atoms with Crippen LogP contribution in [0.5, 0.6) is 5.88 Å². The number of halogens is 4. The summed E-state index contributed by atoms with van der Waals surface area (Å²) in [7, 11) is 0. The average Bonchev–Trinajstić information content (AvgIpc) is 3.05. The highest BCUT2D eigenvalue weighted by Gasteiger charge is 2.27. The lowest BCUT2D eigenvalue weighted by molar-refractivity contribution is 0.0947. The molecule has 0 spiro atoms. The Bertz CT molecular complexity index is 1390. The summed E-state index contributed by atoms with van der Waals surface area (Å²) in [6.45, 7) is 0.0711. The topological polar surface area (TPSA) is 76.3 Å². The highest BCUT2D eigenvalue weighted by molar-refractivity contribution is 6.42. The molecule has 3 aromatic carbocycles. The average molecular weight is 523 g/mol. The summed E-state index contributed by atoms with van der Waals surface area (Å²) in [5, 5.41) is 15.3. The second-order valence-electron chi connectivity index (χ2n) is 7.01. The molecule has 1 amide bonds. The normalized spacial score (nSPS) is 10.9. The first kappa shape index (κ1) is 23.3. The van der Waals surface area contributed by atoms with E-state index in [-0.39, 0.29) is 6.54 Å². The van der Waals surface area contributed by atoms with Gasteiger partial charge in [-0.3, -0.25) is 9.59 Å². The monoisotopic (exact) mass is 521 g/mol. The van der Waals surface area contributed by atoms with E-state index in [4.69, 9.17) is 46.4 Å². The minimum atomic E-state index is -0.751. The zero-order valence-electron chi connectivity index (χ0n) is 16.7. The summed E-state index contributed by atoms with van der Waals surface area (Å²) < 4.78 is 2.42. The first-order chi connectivity index (χ1) is 15.8. The van der Waals surface area contributed by atoms with Gasteiger partial charge in [-0.1, -0.05) is 52.5 Å². The fraction of sp³-hybridized carbons (Fsp3) is 0.0435. The standard InChI is InChI=1S/C23H15Cl4N3O3/c24-14-2-6-16(7-3-14)29-22(32)20(23(33)30(29)17-8-4-15(25)5-9-17)21(31)28-12-13-1-10-18(26)19(27)11-13/h1-11,32H,12H2,(H,28,31). The maximum Gasteiger partial charge on any atom is 0.288 e. The fourth-order valence-corrected chi connectivity index (χ4v) is 3.82. The SMILES string of the molecule is O=C(NCc1ccc(Cl)c(Cl)c1)c1c(O)n(-c2ccc(Cl)cc2)n(-c2ccc(Cl)cc2)c1=O. The predicted octanol–water partition coefficient (Wildman–Crippen LogP) is 5.88. The van der Waals surface area contributed by atoms with Crippen LogP contribution in [-0.2, 0) is 6.54 Å². The van der Waals surface area contributed by atoms with Gasteiger partial charge >= 0.3 is 0 Å². The van der Waals surface area contributed by atoms with Gasteiger partial charge in [0.25, 0.3) is 11.5 Å². The number of hydrogen-bond donors (Lipinski definition) is 2. The Morgan fingerprint density at radius 1 is 0.788 bits per heavy atom. The van der Waals surface area contributed by atoms with Crippen LogP contribution >= 0.6 is 46.4 Å². The van der Waals surface area contributed by atoms with Crippen molar-refractivity contribution >= 4 is 52.3 Å². The van der Waals surface area contributed by atoms with E-state index in [1.54, 1.807) is 66.7 Å². The zero-order chi connectivity index (χ0) is 23.7. The van der Waals surface area contributed by atoms with E-state index < -0.39 is 22.9 Å². The molecule has 0 atom stereocenters. The van der Waals surface area contributed by atoms with Crippen LogP contribution < -0.4 is 10.9 Å². The summed E-state index contributed by atoms with van der Waals surface area (Å²) in [4.78, 5) is 26.3. The number of benzene rings is 3. The Balaban J connectivity index is 1.78. The summed E-state index contributed by atoms with van der Waals surface area (Å²) >= 11 is 23.9. The van der Waals surface area contributed by atoms with Gasteiger partial charge in [0.05, 0.1) is 21.4 Å². The van der Waals surface area contributed by atoms with E-state index in [1.165, 1.54) is 9.36 Å². The van der Waals surface area contributed by atoms with E-state index in [0.29, 0.717) is 37.0 Å². The molecule has 0 bridgehead atoms. The van der Waals surface area contributed by atoms with Crippen LogP contribution in [0.15, 0.2) is 71.5 Å². The molecule has 2 N–H and O–H groups in total. The van der Waals surface area contributed by atoms with Crippen LogP contribution in [-0.4, -0.2) is 20.4 Å². The Morgan fingerprint density at radius 3 is 1.88 bits per heavy atom. The number of aromatic nitrogens is 2. The second-order valence-corrected chi connectivity index (χ2v) is 8.70. The summed E-state index contributed by atoms with van der Waals surface area (Å²) in [6, 6.07) is 17.8. The zero-order valence-corrected chi connectivity index (χ0v) is 19.8. The minimum absolute atomic E-state index is 0.0711. The Labute approximate surface area is 208 Å². The van der Waals surface area contributed by atoms with Gasteiger partial charge in [-0.05, 0) is 66.2 Å². The molecule has 0 unspecified atom stereocenters. The van der Waals surface area contributed by atoms with E-state index >= 15 is 0 Å². The summed E-state index contributed by atoms with van der Waals surface area (Å²) in [6.07, 6.45) is 0. The van der Waals surface area contributed by atoms with E-state index in [9.17, 15) is 14.7 Å². The number of nitrogens with zero attached hydrogens (tertiary/aromatic N) is 2. The van der Waals surface area contributed by atoms with Gasteiger partial charge in [-0.25, -0.2) is 9.36 Å². The van der Waals surface area contributed by atoms with Crippen molar-refractivity contribution in [1.29, 1.82) is 0 Å². The maximum atomic E-state index is 13.3. The molecular formula is C23H15Cl4N3O3. The van der Waals surface area contributed by atoms with Crippen LogP contribution in [0.1, 0.15) is 15.9 Å². The Hall–Kier alpha value is -2.90. The molecule has 4 aromatic rings. The quantitative estimate of drug-likeness (QED) is 0.343. The van der Waals surface area contributed by atoms with Gasteiger partial charge in [0.2, 0.25) is 5.88 Å². The lowest BCUT2D eigenvalue weighted by atomic mass is 10.2. The van der Waals surface area contributed by atoms with Gasteiger partial charge in [-0.15, -0.1) is 0 Å². The number of nitrogens with one attached hydrogen (secondary N) is 1. The van der Waals surface area contributed by atoms with Crippen molar-refractivity contribution < 1.29 is 9.90 Å². The number of carbonyl (C=O) groups is 1. The van der Waals surface area contributed by atoms with Gasteiger partial charge in [0, 0.05) is 16.6 Å². The Morgan fingerprint density at radius 2 is 1.33 bits per heavy atom. The smallest absolute Gasteiger partial charge is 0.288 e. The second kappa shape index (κ2) is 9.53. The van der Waals surface area contributed by atoms with E-state index in [1.807, 2.05) is 0 Å². The molecule has 0 radical (unpaired) electrons. The van der Waals surface area contributed by atoms with Crippen molar-refractivity contribution in [1.82, 2.24) is 14.7 Å². The van der Waals surface area contributed by atoms with Crippen molar-refractivity contribution in [2.45, 2.75) is 6.54 Å². The highest BCUT2D eigenvalue weighted by Crippen LogP contribution is 2.26. The molecule has 0 fully saturated rings. The third-order valence-electron chi connectivity index (χ3n) is 4.84. The number of aromatic hydroxyl groups is 1. The van der Waals surface area contributed by atoms with Crippen LogP contribution in [0, 0.1) is 0 Å². The molecule has 0 saturated heterocycles. The number of rotatable bonds is 5. The summed E-state index contributed by atoms with van der Waals surface area (Å²) in [5.74, 6) is -1.28.